The van der Waals surface area contributed by atoms with Gasteiger partial charge in [0, 0.05) is 29.8 Å². The van der Waals surface area contributed by atoms with Gasteiger partial charge in [0.15, 0.2) is 0 Å². The summed E-state index contributed by atoms with van der Waals surface area (Å²) in [6.45, 7) is 0. The average Bonchev–Trinajstić information content (AvgIpc) is 2.92. The molecule has 118 valence electrons. The Balaban J connectivity index is 1.76. The molecule has 0 spiro atoms. The maximum atomic E-state index is 12.4. The van der Waals surface area contributed by atoms with Crippen LogP contribution >= 0.6 is 0 Å². The van der Waals surface area contributed by atoms with Gasteiger partial charge in [-0.1, -0.05) is 24.3 Å². The molecular weight excluding hydrogens is 304 g/mol. The summed E-state index contributed by atoms with van der Waals surface area (Å²) in [4.78, 5) is 24.4. The summed E-state index contributed by atoms with van der Waals surface area (Å²) >= 11 is 0. The van der Waals surface area contributed by atoms with Crippen LogP contribution in [0.1, 0.15) is 15.9 Å². The molecule has 0 atom stereocenters. The molecular formula is C18H14N4O2. The first-order valence-corrected chi connectivity index (χ1v) is 7.25. The zero-order chi connectivity index (χ0) is 17.1. The lowest BCUT2D eigenvalue weighted by atomic mass is 10.1. The number of nitriles is 1. The van der Waals surface area contributed by atoms with E-state index in [2.05, 4.69) is 10.6 Å². The van der Waals surface area contributed by atoms with E-state index in [1.807, 2.05) is 41.9 Å². The van der Waals surface area contributed by atoms with Crippen molar-refractivity contribution in [2.24, 2.45) is 7.05 Å². The van der Waals surface area contributed by atoms with E-state index in [1.165, 1.54) is 6.07 Å². The van der Waals surface area contributed by atoms with E-state index in [9.17, 15) is 9.59 Å². The minimum atomic E-state index is -0.650. The molecule has 2 aromatic carbocycles. The summed E-state index contributed by atoms with van der Waals surface area (Å²) in [6.07, 6.45) is 1.68. The van der Waals surface area contributed by atoms with Gasteiger partial charge in [-0.15, -0.1) is 0 Å². The van der Waals surface area contributed by atoms with Gasteiger partial charge in [0.1, 0.15) is 0 Å². The standard InChI is InChI=1S/C18H14N4O2/c1-22-11-15(14-7-2-3-8-16(14)22)17(23)21-18(24)20-13-6-4-5-12(9-13)10-19/h2-9,11H,1H3,(H2,20,21,23,24). The lowest BCUT2D eigenvalue weighted by molar-refractivity contribution is 0.0968. The molecule has 0 saturated heterocycles. The third-order valence-corrected chi connectivity index (χ3v) is 3.62. The van der Waals surface area contributed by atoms with Gasteiger partial charge < -0.3 is 9.88 Å². The molecule has 0 radical (unpaired) electrons. The Morgan fingerprint density at radius 2 is 1.92 bits per heavy atom. The zero-order valence-corrected chi connectivity index (χ0v) is 12.9. The number of anilines is 1. The minimum absolute atomic E-state index is 0.424. The number of hydrogen-bond donors (Lipinski definition) is 2. The second-order valence-corrected chi connectivity index (χ2v) is 5.27. The molecule has 0 unspecified atom stereocenters. The molecule has 3 aromatic rings. The smallest absolute Gasteiger partial charge is 0.326 e. The van der Waals surface area contributed by atoms with Crippen LogP contribution in [-0.4, -0.2) is 16.5 Å². The predicted octanol–water partition coefficient (Wildman–Crippen LogP) is 3.01. The Morgan fingerprint density at radius 1 is 1.12 bits per heavy atom. The van der Waals surface area contributed by atoms with Gasteiger partial charge in [-0.2, -0.15) is 5.26 Å². The fraction of sp³-hybridized carbons (Fsp3) is 0.0556. The lowest BCUT2D eigenvalue weighted by Crippen LogP contribution is -2.34. The number of rotatable bonds is 2. The third-order valence-electron chi connectivity index (χ3n) is 3.62. The maximum Gasteiger partial charge on any atom is 0.326 e. The molecule has 6 heteroatoms. The van der Waals surface area contributed by atoms with Crippen molar-refractivity contribution in [1.82, 2.24) is 9.88 Å². The Labute approximate surface area is 138 Å². The lowest BCUT2D eigenvalue weighted by Gasteiger charge is -2.06. The fourth-order valence-electron chi connectivity index (χ4n) is 2.52. The Morgan fingerprint density at radius 3 is 2.71 bits per heavy atom. The summed E-state index contributed by atoms with van der Waals surface area (Å²) in [6, 6.07) is 15.3. The second-order valence-electron chi connectivity index (χ2n) is 5.27. The van der Waals surface area contributed by atoms with E-state index in [0.717, 1.165) is 10.9 Å². The van der Waals surface area contributed by atoms with Crippen LogP contribution in [-0.2, 0) is 7.05 Å². The summed E-state index contributed by atoms with van der Waals surface area (Å²) in [5.41, 5.74) is 2.20. The highest BCUT2D eigenvalue weighted by atomic mass is 16.2. The number of hydrogen-bond acceptors (Lipinski definition) is 3. The highest BCUT2D eigenvalue weighted by Crippen LogP contribution is 2.20. The van der Waals surface area contributed by atoms with E-state index < -0.39 is 11.9 Å². The molecule has 0 bridgehead atoms. The van der Waals surface area contributed by atoms with Crippen molar-refractivity contribution in [3.8, 4) is 6.07 Å². The fourth-order valence-corrected chi connectivity index (χ4v) is 2.52. The number of carbonyl (C=O) groups is 2. The first-order valence-electron chi connectivity index (χ1n) is 7.25. The zero-order valence-electron chi connectivity index (χ0n) is 12.9. The van der Waals surface area contributed by atoms with Gasteiger partial charge >= 0.3 is 6.03 Å². The monoisotopic (exact) mass is 318 g/mol. The van der Waals surface area contributed by atoms with E-state index in [4.69, 9.17) is 5.26 Å². The van der Waals surface area contributed by atoms with Gasteiger partial charge in [-0.3, -0.25) is 10.1 Å². The minimum Gasteiger partial charge on any atom is -0.350 e. The number of nitrogens with zero attached hydrogens (tertiary/aromatic N) is 2. The number of urea groups is 1. The predicted molar refractivity (Wildman–Crippen MR) is 90.6 cm³/mol. The highest BCUT2D eigenvalue weighted by molar-refractivity contribution is 6.13. The molecule has 0 aliphatic heterocycles. The number of amides is 3. The van der Waals surface area contributed by atoms with Crippen LogP contribution in [0.4, 0.5) is 10.5 Å². The summed E-state index contributed by atoms with van der Waals surface area (Å²) < 4.78 is 1.83. The Hall–Kier alpha value is -3.59. The van der Waals surface area contributed by atoms with Gasteiger partial charge in [0.2, 0.25) is 0 Å². The van der Waals surface area contributed by atoms with Crippen LogP contribution in [0.5, 0.6) is 0 Å². The summed E-state index contributed by atoms with van der Waals surface area (Å²) in [5.74, 6) is -0.485. The van der Waals surface area contributed by atoms with Gasteiger partial charge in [-0.05, 0) is 24.3 Å². The van der Waals surface area contributed by atoms with Crippen LogP contribution in [0.15, 0.2) is 54.7 Å². The largest absolute Gasteiger partial charge is 0.350 e. The summed E-state index contributed by atoms with van der Waals surface area (Å²) in [7, 11) is 1.84. The second kappa shape index (κ2) is 6.26. The molecule has 0 saturated carbocycles. The highest BCUT2D eigenvalue weighted by Gasteiger charge is 2.16. The number of carbonyl (C=O) groups excluding carboxylic acids is 2. The molecule has 0 fully saturated rings. The van der Waals surface area contributed by atoms with Crippen molar-refractivity contribution in [1.29, 1.82) is 5.26 Å². The van der Waals surface area contributed by atoms with Crippen molar-refractivity contribution in [2.45, 2.75) is 0 Å². The van der Waals surface area contributed by atoms with Crippen LogP contribution in [0, 0.1) is 11.3 Å². The van der Waals surface area contributed by atoms with Crippen molar-refractivity contribution in [3.63, 3.8) is 0 Å². The quantitative estimate of drug-likeness (QED) is 0.761. The van der Waals surface area contributed by atoms with Crippen LogP contribution in [0.3, 0.4) is 0 Å². The van der Waals surface area contributed by atoms with Gasteiger partial charge in [-0.25, -0.2) is 4.79 Å². The number of benzene rings is 2. The number of aromatic nitrogens is 1. The third kappa shape index (κ3) is 2.96. The van der Waals surface area contributed by atoms with Crippen molar-refractivity contribution >= 4 is 28.5 Å². The van der Waals surface area contributed by atoms with E-state index in [0.29, 0.717) is 16.8 Å². The van der Waals surface area contributed by atoms with Crippen LogP contribution in [0.25, 0.3) is 10.9 Å². The molecule has 6 nitrogen and oxygen atoms in total. The molecule has 1 heterocycles. The molecule has 2 N–H and O–H groups in total. The molecule has 0 aliphatic carbocycles. The van der Waals surface area contributed by atoms with Crippen molar-refractivity contribution in [2.75, 3.05) is 5.32 Å². The van der Waals surface area contributed by atoms with E-state index in [-0.39, 0.29) is 0 Å². The normalized spacial score (nSPS) is 10.2. The molecule has 3 rings (SSSR count). The topological polar surface area (TPSA) is 86.9 Å². The number of aryl methyl sites for hydroxylation is 1. The van der Waals surface area contributed by atoms with Crippen LogP contribution in [0.2, 0.25) is 0 Å². The first kappa shape index (κ1) is 15.3. The molecule has 1 aromatic heterocycles. The van der Waals surface area contributed by atoms with E-state index in [1.54, 1.807) is 24.4 Å². The van der Waals surface area contributed by atoms with Crippen LogP contribution < -0.4 is 10.6 Å². The number of para-hydroxylation sites is 1. The number of fused-ring (bicyclic) bond motifs is 1. The average molecular weight is 318 g/mol. The SMILES string of the molecule is Cn1cc(C(=O)NC(=O)Nc2cccc(C#N)c2)c2ccccc21. The Kier molecular flexibility index (Phi) is 4.00. The maximum absolute atomic E-state index is 12.4. The molecule has 24 heavy (non-hydrogen) atoms. The number of nitrogens with one attached hydrogen (secondary N) is 2. The number of imide groups is 1. The van der Waals surface area contributed by atoms with Crippen molar-refractivity contribution < 1.29 is 9.59 Å². The summed E-state index contributed by atoms with van der Waals surface area (Å²) in [5, 5.41) is 14.5. The van der Waals surface area contributed by atoms with E-state index >= 15 is 0 Å². The van der Waals surface area contributed by atoms with Crippen molar-refractivity contribution in [3.05, 3.63) is 65.9 Å². The Bertz CT molecular complexity index is 982. The molecule has 3 amide bonds. The first-order chi connectivity index (χ1) is 11.6. The van der Waals surface area contributed by atoms with Gasteiger partial charge in [0.05, 0.1) is 17.2 Å². The molecule has 0 aliphatic rings. The van der Waals surface area contributed by atoms with Gasteiger partial charge in [0.25, 0.3) is 5.91 Å².